The molecule has 0 fully saturated rings. The van der Waals surface area contributed by atoms with Gasteiger partial charge in [-0.15, -0.1) is 0 Å². The van der Waals surface area contributed by atoms with Crippen LogP contribution in [-0.4, -0.2) is 13.7 Å². The first-order chi connectivity index (χ1) is 12.0. The van der Waals surface area contributed by atoms with E-state index in [4.69, 9.17) is 21.1 Å². The summed E-state index contributed by atoms with van der Waals surface area (Å²) in [6.07, 6.45) is 3.87. The molecule has 2 rings (SSSR count). The zero-order chi connectivity index (χ0) is 18.4. The van der Waals surface area contributed by atoms with E-state index in [1.165, 1.54) is 31.4 Å². The fraction of sp³-hybridized carbons (Fsp3) is 0.368. The van der Waals surface area contributed by atoms with Crippen molar-refractivity contribution in [2.45, 2.75) is 32.6 Å². The quantitative estimate of drug-likeness (QED) is 0.500. The fourth-order valence-corrected chi connectivity index (χ4v) is 2.70. The molecular formula is C19H20ClF3O2. The highest BCUT2D eigenvalue weighted by Gasteiger charge is 2.20. The lowest BCUT2D eigenvalue weighted by Crippen LogP contribution is -2.02. The Hall–Kier alpha value is -1.88. The maximum absolute atomic E-state index is 14.4. The summed E-state index contributed by atoms with van der Waals surface area (Å²) < 4.78 is 53.1. The minimum Gasteiger partial charge on any atom is -0.495 e. The van der Waals surface area contributed by atoms with Crippen molar-refractivity contribution in [1.29, 1.82) is 0 Å². The van der Waals surface area contributed by atoms with Gasteiger partial charge < -0.3 is 9.47 Å². The van der Waals surface area contributed by atoms with Gasteiger partial charge in [-0.05, 0) is 30.7 Å². The van der Waals surface area contributed by atoms with Gasteiger partial charge in [0.15, 0.2) is 17.4 Å². The van der Waals surface area contributed by atoms with Crippen molar-refractivity contribution in [1.82, 2.24) is 0 Å². The molecule has 2 nitrogen and oxygen atoms in total. The van der Waals surface area contributed by atoms with Gasteiger partial charge in [0, 0.05) is 11.1 Å². The second-order valence-electron chi connectivity index (χ2n) is 5.59. The van der Waals surface area contributed by atoms with Crippen LogP contribution in [0.25, 0.3) is 11.1 Å². The minimum atomic E-state index is -1.17. The van der Waals surface area contributed by atoms with E-state index in [2.05, 4.69) is 6.92 Å². The molecule has 0 aliphatic rings. The van der Waals surface area contributed by atoms with Crippen molar-refractivity contribution in [3.8, 4) is 22.6 Å². The van der Waals surface area contributed by atoms with Gasteiger partial charge in [0.1, 0.15) is 10.8 Å². The minimum absolute atomic E-state index is 0.121. The van der Waals surface area contributed by atoms with E-state index in [1.807, 2.05) is 0 Å². The number of hydrogen-bond donors (Lipinski definition) is 0. The number of benzene rings is 2. The summed E-state index contributed by atoms with van der Waals surface area (Å²) in [4.78, 5) is 0. The predicted octanol–water partition coefficient (Wildman–Crippen LogP) is 6.39. The lowest BCUT2D eigenvalue weighted by molar-refractivity contribution is 0.285. The first kappa shape index (κ1) is 19.4. The average molecular weight is 373 g/mol. The number of rotatable bonds is 8. The summed E-state index contributed by atoms with van der Waals surface area (Å²) in [6, 6.07) is 5.27. The van der Waals surface area contributed by atoms with Gasteiger partial charge in [-0.25, -0.2) is 8.78 Å². The largest absolute Gasteiger partial charge is 0.495 e. The Bertz CT molecular complexity index is 735. The van der Waals surface area contributed by atoms with E-state index in [-0.39, 0.29) is 27.6 Å². The normalized spacial score (nSPS) is 10.8. The van der Waals surface area contributed by atoms with Crippen LogP contribution in [0, 0.1) is 17.5 Å². The number of methoxy groups -OCH3 is 1. The lowest BCUT2D eigenvalue weighted by atomic mass is 10.0. The molecule has 6 heteroatoms. The predicted molar refractivity (Wildman–Crippen MR) is 93.0 cm³/mol. The summed E-state index contributed by atoms with van der Waals surface area (Å²) in [5.41, 5.74) is -0.366. The van der Waals surface area contributed by atoms with Crippen molar-refractivity contribution in [3.63, 3.8) is 0 Å². The standard InChI is InChI=1S/C19H20ClF3O2/c1-3-4-5-6-11-25-15-10-8-13(18(22)19(15)23)12-7-9-14(24-2)16(20)17(12)21/h7-10H,3-6,11H2,1-2H3. The zero-order valence-corrected chi connectivity index (χ0v) is 14.9. The lowest BCUT2D eigenvalue weighted by Gasteiger charge is -2.12. The van der Waals surface area contributed by atoms with E-state index in [0.717, 1.165) is 25.7 Å². The molecule has 0 atom stereocenters. The summed E-state index contributed by atoms with van der Waals surface area (Å²) in [5.74, 6) is -3.24. The highest BCUT2D eigenvalue weighted by Crippen LogP contribution is 2.37. The molecule has 0 amide bonds. The van der Waals surface area contributed by atoms with Crippen molar-refractivity contribution in [2.24, 2.45) is 0 Å². The monoisotopic (exact) mass is 372 g/mol. The Morgan fingerprint density at radius 3 is 2.12 bits per heavy atom. The first-order valence-corrected chi connectivity index (χ1v) is 8.52. The molecule has 2 aromatic rings. The maximum atomic E-state index is 14.4. The number of ether oxygens (including phenoxy) is 2. The first-order valence-electron chi connectivity index (χ1n) is 8.14. The van der Waals surface area contributed by atoms with Crippen LogP contribution >= 0.6 is 11.6 Å². The number of halogens is 4. The molecule has 0 N–H and O–H groups in total. The molecule has 0 spiro atoms. The Kier molecular flexibility index (Phi) is 7.00. The van der Waals surface area contributed by atoms with E-state index in [9.17, 15) is 13.2 Å². The Morgan fingerprint density at radius 2 is 1.48 bits per heavy atom. The second-order valence-corrected chi connectivity index (χ2v) is 5.97. The van der Waals surface area contributed by atoms with Gasteiger partial charge >= 0.3 is 0 Å². The summed E-state index contributed by atoms with van der Waals surface area (Å²) in [6.45, 7) is 2.39. The van der Waals surface area contributed by atoms with Gasteiger partial charge in [0.25, 0.3) is 0 Å². The topological polar surface area (TPSA) is 18.5 Å². The molecule has 0 bridgehead atoms. The van der Waals surface area contributed by atoms with Gasteiger partial charge in [-0.2, -0.15) is 4.39 Å². The SMILES string of the molecule is CCCCCCOc1ccc(-c2ccc(OC)c(Cl)c2F)c(F)c1F. The molecule has 0 radical (unpaired) electrons. The van der Waals surface area contributed by atoms with Gasteiger partial charge in [-0.1, -0.05) is 37.8 Å². The molecule has 0 saturated carbocycles. The van der Waals surface area contributed by atoms with Gasteiger partial charge in [-0.3, -0.25) is 0 Å². The zero-order valence-electron chi connectivity index (χ0n) is 14.2. The van der Waals surface area contributed by atoms with Crippen molar-refractivity contribution < 1.29 is 22.6 Å². The highest BCUT2D eigenvalue weighted by atomic mass is 35.5. The van der Waals surface area contributed by atoms with Crippen LogP contribution in [0.3, 0.4) is 0 Å². The average Bonchev–Trinajstić information content (AvgIpc) is 2.61. The third-order valence-electron chi connectivity index (χ3n) is 3.86. The third kappa shape index (κ3) is 4.40. The van der Waals surface area contributed by atoms with Crippen LogP contribution in [0.5, 0.6) is 11.5 Å². The van der Waals surface area contributed by atoms with Crippen LogP contribution in [0.15, 0.2) is 24.3 Å². The summed E-state index contributed by atoms with van der Waals surface area (Å²) in [7, 11) is 1.34. The molecule has 25 heavy (non-hydrogen) atoms. The molecule has 0 aliphatic heterocycles. The molecular weight excluding hydrogens is 353 g/mol. The van der Waals surface area contributed by atoms with Crippen molar-refractivity contribution in [2.75, 3.05) is 13.7 Å². The smallest absolute Gasteiger partial charge is 0.201 e. The van der Waals surface area contributed by atoms with Crippen molar-refractivity contribution in [3.05, 3.63) is 46.7 Å². The van der Waals surface area contributed by atoms with Gasteiger partial charge in [0.05, 0.1) is 13.7 Å². The third-order valence-corrected chi connectivity index (χ3v) is 4.21. The van der Waals surface area contributed by atoms with E-state index in [1.54, 1.807) is 0 Å². The van der Waals surface area contributed by atoms with Crippen LogP contribution in [0.1, 0.15) is 32.6 Å². The van der Waals surface area contributed by atoms with Crippen LogP contribution in [0.2, 0.25) is 5.02 Å². The fourth-order valence-electron chi connectivity index (χ4n) is 2.46. The Balaban J connectivity index is 2.24. The summed E-state index contributed by atoms with van der Waals surface area (Å²) >= 11 is 5.84. The van der Waals surface area contributed by atoms with Crippen LogP contribution < -0.4 is 9.47 Å². The molecule has 0 unspecified atom stereocenters. The molecule has 136 valence electrons. The number of unbranched alkanes of at least 4 members (excludes halogenated alkanes) is 3. The highest BCUT2D eigenvalue weighted by molar-refractivity contribution is 6.32. The van der Waals surface area contributed by atoms with Crippen LogP contribution in [-0.2, 0) is 0 Å². The molecule has 0 aliphatic carbocycles. The molecule has 0 aromatic heterocycles. The molecule has 2 aromatic carbocycles. The Labute approximate surface area is 150 Å². The van der Waals surface area contributed by atoms with E-state index in [0.29, 0.717) is 6.61 Å². The number of hydrogen-bond acceptors (Lipinski definition) is 2. The van der Waals surface area contributed by atoms with E-state index < -0.39 is 17.5 Å². The van der Waals surface area contributed by atoms with E-state index >= 15 is 0 Å². The van der Waals surface area contributed by atoms with Crippen molar-refractivity contribution >= 4 is 11.6 Å². The van der Waals surface area contributed by atoms with Gasteiger partial charge in [0.2, 0.25) is 5.82 Å². The maximum Gasteiger partial charge on any atom is 0.201 e. The Morgan fingerprint density at radius 1 is 0.840 bits per heavy atom. The van der Waals surface area contributed by atoms with Crippen LogP contribution in [0.4, 0.5) is 13.2 Å². The molecule has 0 heterocycles. The summed E-state index contributed by atoms with van der Waals surface area (Å²) in [5, 5.41) is -0.281. The second kappa shape index (κ2) is 8.99. The molecule has 0 saturated heterocycles.